The van der Waals surface area contributed by atoms with Crippen LogP contribution in [0.5, 0.6) is 0 Å². The average molecular weight is 585 g/mol. The summed E-state index contributed by atoms with van der Waals surface area (Å²) in [4.78, 5) is 0. The monoisotopic (exact) mass is 584 g/mol. The van der Waals surface area contributed by atoms with Gasteiger partial charge in [0.2, 0.25) is 0 Å². The highest BCUT2D eigenvalue weighted by molar-refractivity contribution is 6.22. The standard InChI is InChI=1S/C44H28O/c1-3-12-29(13-4-1)33-26-27-38-40(28-33)43(37-18-8-7-17-36(37)42(38)31-14-5-2-6-15-31)32-24-22-30(23-25-32)34-19-11-20-39-35-16-9-10-21-41(35)45-44(34)39/h1-28H/i1D,3D,4D,7D,8D,12D,13D,17D,18D,26D,27D,28D. The lowest BCUT2D eigenvalue weighted by Crippen LogP contribution is -1.92. The molecule has 0 aliphatic rings. The third kappa shape index (κ3) is 4.17. The fourth-order valence-electron chi connectivity index (χ4n) is 6.19. The van der Waals surface area contributed by atoms with Crippen molar-refractivity contribution in [1.29, 1.82) is 0 Å². The Balaban J connectivity index is 1.46. The van der Waals surface area contributed by atoms with Crippen molar-refractivity contribution in [1.82, 2.24) is 0 Å². The molecule has 0 aliphatic heterocycles. The van der Waals surface area contributed by atoms with Gasteiger partial charge in [0.05, 0.1) is 16.4 Å². The maximum atomic E-state index is 9.82. The van der Waals surface area contributed by atoms with Crippen LogP contribution in [0.25, 0.3) is 88.0 Å². The molecule has 0 amide bonds. The summed E-state index contributed by atoms with van der Waals surface area (Å²) in [5.41, 5.74) is 3.51. The number of fused-ring (bicyclic) bond motifs is 5. The number of furan rings is 1. The van der Waals surface area contributed by atoms with Crippen LogP contribution >= 0.6 is 0 Å². The van der Waals surface area contributed by atoms with Crippen molar-refractivity contribution in [2.45, 2.75) is 0 Å². The molecular formula is C44H28O. The zero-order valence-electron chi connectivity index (χ0n) is 35.6. The maximum Gasteiger partial charge on any atom is 0.143 e. The first-order chi connectivity index (χ1) is 27.3. The minimum Gasteiger partial charge on any atom is -0.455 e. The van der Waals surface area contributed by atoms with Crippen LogP contribution in [0.3, 0.4) is 0 Å². The molecule has 0 saturated carbocycles. The summed E-state index contributed by atoms with van der Waals surface area (Å²) in [6.07, 6.45) is 0. The zero-order chi connectivity index (χ0) is 40.2. The van der Waals surface area contributed by atoms with Crippen LogP contribution in [0.1, 0.15) is 16.4 Å². The Hall–Kier alpha value is -5.92. The SMILES string of the molecule is [2H]c1c([2H])c([2H])c(-c2c([2H])c([2H])c3c(-c4ccccc4)c4c([2H])c([2H])c([2H])c([2H])c4c(-c4ccc(-c5cccc6c5oc5ccccc56)cc4)c3c2[2H])c([2H])c1[2H]. The summed E-state index contributed by atoms with van der Waals surface area (Å²) >= 11 is 0. The van der Waals surface area contributed by atoms with Gasteiger partial charge in [0.1, 0.15) is 11.2 Å². The quantitative estimate of drug-likeness (QED) is 0.188. The van der Waals surface area contributed by atoms with Crippen LogP contribution in [0.2, 0.25) is 0 Å². The molecule has 0 spiro atoms. The molecule has 0 N–H and O–H groups in total. The molecule has 9 aromatic rings. The Morgan fingerprint density at radius 2 is 1.00 bits per heavy atom. The first-order valence-corrected chi connectivity index (χ1v) is 14.5. The van der Waals surface area contributed by atoms with E-state index in [-0.39, 0.29) is 50.3 Å². The van der Waals surface area contributed by atoms with E-state index < -0.39 is 66.0 Å². The molecule has 45 heavy (non-hydrogen) atoms. The zero-order valence-corrected chi connectivity index (χ0v) is 23.6. The molecule has 1 heteroatoms. The van der Waals surface area contributed by atoms with Crippen LogP contribution in [0.15, 0.2) is 174 Å². The maximum absolute atomic E-state index is 9.82. The Kier molecular flexibility index (Phi) is 3.74. The lowest BCUT2D eigenvalue weighted by Gasteiger charge is -2.19. The number of para-hydroxylation sites is 2. The Labute approximate surface area is 278 Å². The van der Waals surface area contributed by atoms with E-state index in [0.717, 1.165) is 27.5 Å². The van der Waals surface area contributed by atoms with Gasteiger partial charge in [0.25, 0.3) is 0 Å². The van der Waals surface area contributed by atoms with Crippen molar-refractivity contribution in [3.8, 4) is 44.5 Å². The van der Waals surface area contributed by atoms with Gasteiger partial charge in [-0.2, -0.15) is 0 Å². The second kappa shape index (κ2) is 10.4. The average Bonchev–Trinajstić information content (AvgIpc) is 3.62. The second-order valence-electron chi connectivity index (χ2n) is 10.7. The van der Waals surface area contributed by atoms with Gasteiger partial charge < -0.3 is 4.42 Å². The number of benzene rings is 8. The highest BCUT2D eigenvalue weighted by atomic mass is 16.3. The van der Waals surface area contributed by atoms with Crippen molar-refractivity contribution in [3.05, 3.63) is 170 Å². The third-order valence-electron chi connectivity index (χ3n) is 8.20. The minimum atomic E-state index is -0.663. The second-order valence-corrected chi connectivity index (χ2v) is 10.7. The molecule has 8 aromatic carbocycles. The van der Waals surface area contributed by atoms with Gasteiger partial charge in [-0.05, 0) is 72.6 Å². The first kappa shape index (κ1) is 16.2. The summed E-state index contributed by atoms with van der Waals surface area (Å²) < 4.78 is 113. The number of hydrogen-bond acceptors (Lipinski definition) is 1. The number of rotatable bonds is 4. The molecular weight excluding hydrogens is 544 g/mol. The summed E-state index contributed by atoms with van der Waals surface area (Å²) in [7, 11) is 0. The van der Waals surface area contributed by atoms with E-state index in [4.69, 9.17) is 14.0 Å². The topological polar surface area (TPSA) is 13.1 Å². The molecule has 1 aromatic heterocycles. The van der Waals surface area contributed by atoms with Gasteiger partial charge in [-0.3, -0.25) is 0 Å². The van der Waals surface area contributed by atoms with E-state index in [2.05, 4.69) is 0 Å². The van der Waals surface area contributed by atoms with Gasteiger partial charge >= 0.3 is 0 Å². The molecule has 0 bridgehead atoms. The van der Waals surface area contributed by atoms with E-state index >= 15 is 0 Å². The highest BCUT2D eigenvalue weighted by Crippen LogP contribution is 2.45. The normalized spacial score (nSPS) is 15.3. The van der Waals surface area contributed by atoms with Crippen molar-refractivity contribution in [3.63, 3.8) is 0 Å². The molecule has 9 rings (SSSR count). The third-order valence-corrected chi connectivity index (χ3v) is 8.20. The predicted molar refractivity (Wildman–Crippen MR) is 190 cm³/mol. The summed E-state index contributed by atoms with van der Waals surface area (Å²) in [5.74, 6) is 0. The lowest BCUT2D eigenvalue weighted by atomic mass is 9.84. The van der Waals surface area contributed by atoms with Crippen molar-refractivity contribution < 1.29 is 20.9 Å². The van der Waals surface area contributed by atoms with Crippen LogP contribution in [-0.4, -0.2) is 0 Å². The largest absolute Gasteiger partial charge is 0.455 e. The lowest BCUT2D eigenvalue weighted by molar-refractivity contribution is 0.670. The molecule has 0 saturated heterocycles. The molecule has 0 atom stereocenters. The molecule has 1 nitrogen and oxygen atoms in total. The Morgan fingerprint density at radius 3 is 1.80 bits per heavy atom. The molecule has 0 radical (unpaired) electrons. The first-order valence-electron chi connectivity index (χ1n) is 20.5. The van der Waals surface area contributed by atoms with Crippen LogP contribution in [0.4, 0.5) is 0 Å². The highest BCUT2D eigenvalue weighted by Gasteiger charge is 2.18. The molecule has 0 unspecified atom stereocenters. The number of hydrogen-bond donors (Lipinski definition) is 0. The Morgan fingerprint density at radius 1 is 0.378 bits per heavy atom. The van der Waals surface area contributed by atoms with Gasteiger partial charge in [-0.15, -0.1) is 0 Å². The van der Waals surface area contributed by atoms with Gasteiger partial charge in [0, 0.05) is 16.3 Å². The van der Waals surface area contributed by atoms with Crippen LogP contribution < -0.4 is 0 Å². The van der Waals surface area contributed by atoms with E-state index in [1.54, 1.807) is 42.5 Å². The molecule has 1 heterocycles. The molecule has 0 fully saturated rings. The summed E-state index contributed by atoms with van der Waals surface area (Å²) in [6.45, 7) is 0. The molecule has 210 valence electrons. The van der Waals surface area contributed by atoms with Crippen molar-refractivity contribution >= 4 is 43.5 Å². The minimum absolute atomic E-state index is 0.0290. The van der Waals surface area contributed by atoms with E-state index in [0.29, 0.717) is 16.7 Å². The van der Waals surface area contributed by atoms with Gasteiger partial charge in [-0.25, -0.2) is 0 Å². The molecule has 0 aliphatic carbocycles. The van der Waals surface area contributed by atoms with Gasteiger partial charge in [0.15, 0.2) is 0 Å². The van der Waals surface area contributed by atoms with Crippen LogP contribution in [0, 0.1) is 0 Å². The van der Waals surface area contributed by atoms with Gasteiger partial charge in [-0.1, -0.05) is 157 Å². The van der Waals surface area contributed by atoms with E-state index in [1.807, 2.05) is 54.6 Å². The smallest absolute Gasteiger partial charge is 0.143 e. The van der Waals surface area contributed by atoms with Crippen molar-refractivity contribution in [2.75, 3.05) is 0 Å². The van der Waals surface area contributed by atoms with Crippen LogP contribution in [-0.2, 0) is 0 Å². The summed E-state index contributed by atoms with van der Waals surface area (Å²) in [5, 5.41) is 2.14. The van der Waals surface area contributed by atoms with E-state index in [9.17, 15) is 6.85 Å². The Bertz CT molecular complexity index is 3160. The van der Waals surface area contributed by atoms with Crippen molar-refractivity contribution in [2.24, 2.45) is 0 Å². The predicted octanol–water partition coefficient (Wildman–Crippen LogP) is 12.6. The van der Waals surface area contributed by atoms with E-state index in [1.165, 1.54) is 0 Å². The summed E-state index contributed by atoms with van der Waals surface area (Å²) in [6, 6.07) is 23.0. The fraction of sp³-hybridized carbons (Fsp3) is 0. The fourth-order valence-corrected chi connectivity index (χ4v) is 6.19.